The molecule has 1 amide bonds. The van der Waals surface area contributed by atoms with Crippen molar-refractivity contribution in [3.63, 3.8) is 0 Å². The Morgan fingerprint density at radius 3 is 2.89 bits per heavy atom. The van der Waals surface area contributed by atoms with Crippen LogP contribution in [0.4, 0.5) is 5.69 Å². The summed E-state index contributed by atoms with van der Waals surface area (Å²) in [6.45, 7) is 4.08. The van der Waals surface area contributed by atoms with Crippen molar-refractivity contribution in [3.05, 3.63) is 49.5 Å². The van der Waals surface area contributed by atoms with E-state index in [2.05, 4.69) is 27.9 Å². The number of benzene rings is 1. The molecule has 27 heavy (non-hydrogen) atoms. The van der Waals surface area contributed by atoms with Gasteiger partial charge >= 0.3 is 5.97 Å². The van der Waals surface area contributed by atoms with E-state index in [9.17, 15) is 9.59 Å². The second-order valence-electron chi connectivity index (χ2n) is 6.78. The lowest BCUT2D eigenvalue weighted by Gasteiger charge is -2.10. The molecule has 0 spiro atoms. The molecule has 2 heterocycles. The molecule has 4 rings (SSSR count). The fourth-order valence-corrected chi connectivity index (χ4v) is 4.27. The number of furan rings is 1. The van der Waals surface area contributed by atoms with Gasteiger partial charge in [0.25, 0.3) is 5.91 Å². The SMILES string of the molecule is CCOC(=O)c1c(C=C2C(=O)Nc3ccc(I)c(C)c32)oc2c1CCCC2. The molecule has 1 N–H and O–H groups in total. The predicted octanol–water partition coefficient (Wildman–Crippen LogP) is 4.74. The van der Waals surface area contributed by atoms with Crippen LogP contribution in [0.2, 0.25) is 0 Å². The average Bonchev–Trinajstić information content (AvgIpc) is 3.16. The monoisotopic (exact) mass is 477 g/mol. The van der Waals surface area contributed by atoms with Crippen LogP contribution in [0.1, 0.15) is 58.3 Å². The molecule has 1 aliphatic carbocycles. The Kier molecular flexibility index (Phi) is 4.84. The Morgan fingerprint density at radius 1 is 1.33 bits per heavy atom. The van der Waals surface area contributed by atoms with Crippen LogP contribution in [0.5, 0.6) is 0 Å². The number of hydrogen-bond acceptors (Lipinski definition) is 4. The minimum atomic E-state index is -0.380. The Hall–Kier alpha value is -2.09. The van der Waals surface area contributed by atoms with E-state index < -0.39 is 0 Å². The summed E-state index contributed by atoms with van der Waals surface area (Å²) < 4.78 is 12.4. The number of esters is 1. The number of rotatable bonds is 3. The van der Waals surface area contributed by atoms with Gasteiger partial charge in [0.2, 0.25) is 0 Å². The number of fused-ring (bicyclic) bond motifs is 2. The maximum atomic E-state index is 12.6. The first kappa shape index (κ1) is 18.3. The van der Waals surface area contributed by atoms with Crippen molar-refractivity contribution in [2.24, 2.45) is 0 Å². The molecular formula is C21H20INO4. The van der Waals surface area contributed by atoms with E-state index in [1.54, 1.807) is 13.0 Å². The first-order valence-corrected chi connectivity index (χ1v) is 10.2. The molecule has 2 aromatic rings. The van der Waals surface area contributed by atoms with Crippen LogP contribution in [0, 0.1) is 10.5 Å². The van der Waals surface area contributed by atoms with Crippen LogP contribution < -0.4 is 5.32 Å². The number of anilines is 1. The largest absolute Gasteiger partial charge is 0.462 e. The highest BCUT2D eigenvalue weighted by Crippen LogP contribution is 2.39. The van der Waals surface area contributed by atoms with Crippen molar-refractivity contribution in [1.82, 2.24) is 0 Å². The standard InChI is InChI=1S/C21H20INO4/c1-3-26-21(25)19-12-6-4-5-7-16(12)27-17(19)10-13-18-11(2)14(22)8-9-15(18)23-20(13)24/h8-10H,3-7H2,1-2H3,(H,23,24). The van der Waals surface area contributed by atoms with Gasteiger partial charge in [-0.15, -0.1) is 0 Å². The van der Waals surface area contributed by atoms with E-state index in [0.717, 1.165) is 57.4 Å². The van der Waals surface area contributed by atoms with Crippen molar-refractivity contribution in [1.29, 1.82) is 0 Å². The summed E-state index contributed by atoms with van der Waals surface area (Å²) in [5.41, 5.74) is 4.63. The molecule has 0 fully saturated rings. The van der Waals surface area contributed by atoms with Gasteiger partial charge in [0.05, 0.1) is 12.2 Å². The Bertz CT molecular complexity index is 987. The van der Waals surface area contributed by atoms with Gasteiger partial charge in [0, 0.05) is 26.8 Å². The van der Waals surface area contributed by atoms with Gasteiger partial charge in [0.15, 0.2) is 0 Å². The minimum absolute atomic E-state index is 0.181. The number of carbonyl (C=O) groups is 2. The molecule has 0 bridgehead atoms. The molecule has 0 radical (unpaired) electrons. The number of ether oxygens (including phenoxy) is 1. The fraction of sp³-hybridized carbons (Fsp3) is 0.333. The molecular weight excluding hydrogens is 457 g/mol. The van der Waals surface area contributed by atoms with Crippen LogP contribution in [0.3, 0.4) is 0 Å². The maximum Gasteiger partial charge on any atom is 0.342 e. The third-order valence-corrected chi connectivity index (χ3v) is 6.28. The van der Waals surface area contributed by atoms with Gasteiger partial charge in [-0.05, 0) is 79.5 Å². The van der Waals surface area contributed by atoms with Crippen molar-refractivity contribution in [3.8, 4) is 0 Å². The summed E-state index contributed by atoms with van der Waals surface area (Å²) in [6, 6.07) is 3.88. The molecule has 6 heteroatoms. The third kappa shape index (κ3) is 3.09. The Balaban J connectivity index is 1.88. The number of hydrogen-bond donors (Lipinski definition) is 1. The lowest BCUT2D eigenvalue weighted by Crippen LogP contribution is -2.10. The Labute approximate surface area is 171 Å². The molecule has 140 valence electrons. The van der Waals surface area contributed by atoms with Crippen molar-refractivity contribution in [2.75, 3.05) is 11.9 Å². The Morgan fingerprint density at radius 2 is 2.11 bits per heavy atom. The van der Waals surface area contributed by atoms with Gasteiger partial charge in [-0.2, -0.15) is 0 Å². The van der Waals surface area contributed by atoms with E-state index in [0.29, 0.717) is 23.5 Å². The number of nitrogens with one attached hydrogen (secondary N) is 1. The quantitative estimate of drug-likeness (QED) is 0.394. The zero-order chi connectivity index (χ0) is 19.1. The first-order valence-electron chi connectivity index (χ1n) is 9.15. The molecule has 2 aliphatic rings. The third-order valence-electron chi connectivity index (χ3n) is 5.11. The molecule has 0 unspecified atom stereocenters. The molecule has 5 nitrogen and oxygen atoms in total. The van der Waals surface area contributed by atoms with Crippen molar-refractivity contribution in [2.45, 2.75) is 39.5 Å². The highest BCUT2D eigenvalue weighted by Gasteiger charge is 2.31. The molecule has 1 aromatic heterocycles. The zero-order valence-electron chi connectivity index (χ0n) is 15.3. The lowest BCUT2D eigenvalue weighted by atomic mass is 9.94. The van der Waals surface area contributed by atoms with Crippen LogP contribution in [0.15, 0.2) is 16.5 Å². The second-order valence-corrected chi connectivity index (χ2v) is 7.94. The van der Waals surface area contributed by atoms with Gasteiger partial charge in [-0.3, -0.25) is 4.79 Å². The smallest absolute Gasteiger partial charge is 0.342 e. The molecule has 0 atom stereocenters. The zero-order valence-corrected chi connectivity index (χ0v) is 17.4. The average molecular weight is 477 g/mol. The van der Waals surface area contributed by atoms with Crippen LogP contribution in [-0.4, -0.2) is 18.5 Å². The molecule has 1 aliphatic heterocycles. The van der Waals surface area contributed by atoms with E-state index in [1.807, 2.05) is 19.1 Å². The van der Waals surface area contributed by atoms with Crippen molar-refractivity contribution < 1.29 is 18.7 Å². The summed E-state index contributed by atoms with van der Waals surface area (Å²) in [5, 5.41) is 2.90. The summed E-state index contributed by atoms with van der Waals surface area (Å²) in [7, 11) is 0. The minimum Gasteiger partial charge on any atom is -0.462 e. The number of carbonyl (C=O) groups excluding carboxylic acids is 2. The fourth-order valence-electron chi connectivity index (χ4n) is 3.83. The molecule has 0 saturated heterocycles. The topological polar surface area (TPSA) is 68.5 Å². The molecule has 0 saturated carbocycles. The van der Waals surface area contributed by atoms with E-state index in [1.165, 1.54) is 0 Å². The van der Waals surface area contributed by atoms with Crippen molar-refractivity contribution >= 4 is 51.8 Å². The first-order chi connectivity index (χ1) is 13.0. The second kappa shape index (κ2) is 7.14. The van der Waals surface area contributed by atoms with E-state index in [-0.39, 0.29) is 11.9 Å². The molecule has 1 aromatic carbocycles. The predicted molar refractivity (Wildman–Crippen MR) is 112 cm³/mol. The van der Waals surface area contributed by atoms with Gasteiger partial charge < -0.3 is 14.5 Å². The summed E-state index contributed by atoms with van der Waals surface area (Å²) >= 11 is 2.26. The summed E-state index contributed by atoms with van der Waals surface area (Å²) in [5.74, 6) is 0.708. The van der Waals surface area contributed by atoms with Crippen LogP contribution >= 0.6 is 22.6 Å². The number of aryl methyl sites for hydroxylation is 1. The van der Waals surface area contributed by atoms with Crippen LogP contribution in [-0.2, 0) is 22.4 Å². The van der Waals surface area contributed by atoms with E-state index >= 15 is 0 Å². The van der Waals surface area contributed by atoms with Crippen LogP contribution in [0.25, 0.3) is 11.6 Å². The van der Waals surface area contributed by atoms with Gasteiger partial charge in [-0.1, -0.05) is 0 Å². The lowest BCUT2D eigenvalue weighted by molar-refractivity contribution is -0.110. The highest BCUT2D eigenvalue weighted by atomic mass is 127. The highest BCUT2D eigenvalue weighted by molar-refractivity contribution is 14.1. The summed E-state index contributed by atoms with van der Waals surface area (Å²) in [6.07, 6.45) is 5.38. The maximum absolute atomic E-state index is 12.6. The van der Waals surface area contributed by atoms with E-state index in [4.69, 9.17) is 9.15 Å². The number of amides is 1. The number of halogens is 1. The van der Waals surface area contributed by atoms with Gasteiger partial charge in [-0.25, -0.2) is 4.79 Å². The van der Waals surface area contributed by atoms with Gasteiger partial charge in [0.1, 0.15) is 17.1 Å². The summed E-state index contributed by atoms with van der Waals surface area (Å²) in [4.78, 5) is 25.2. The normalized spacial score (nSPS) is 16.9.